The van der Waals surface area contributed by atoms with E-state index in [1.807, 2.05) is 0 Å². The quantitative estimate of drug-likeness (QED) is 0.809. The molecule has 0 unspecified atom stereocenters. The molecule has 17 heavy (non-hydrogen) atoms. The standard InChI is InChI=1S/C14H21N3/c1-2-8-16(7-1)11-13-5-6-14(15-13)12-17-9-3-4-10-17/h5-6,11-12,15H,1-4,7-10H2. The summed E-state index contributed by atoms with van der Waals surface area (Å²) in [7, 11) is 0. The van der Waals surface area contributed by atoms with Gasteiger partial charge in [-0.3, -0.25) is 0 Å². The zero-order valence-corrected chi connectivity index (χ0v) is 10.4. The van der Waals surface area contributed by atoms with E-state index < -0.39 is 0 Å². The monoisotopic (exact) mass is 231 g/mol. The molecule has 0 saturated carbocycles. The minimum Gasteiger partial charge on any atom is -0.376 e. The SMILES string of the molecule is C(=c1ccc(=CN2CCCC2)[nH]1)N1CCCC1. The van der Waals surface area contributed by atoms with Crippen molar-refractivity contribution in [3.05, 3.63) is 22.8 Å². The third kappa shape index (κ3) is 2.65. The molecule has 0 bridgehead atoms. The number of hydrogen-bond acceptors (Lipinski definition) is 2. The van der Waals surface area contributed by atoms with E-state index in [1.54, 1.807) is 0 Å². The first-order valence-electron chi connectivity index (χ1n) is 6.77. The van der Waals surface area contributed by atoms with Crippen LogP contribution in [-0.4, -0.2) is 41.0 Å². The van der Waals surface area contributed by atoms with E-state index in [-0.39, 0.29) is 0 Å². The summed E-state index contributed by atoms with van der Waals surface area (Å²) >= 11 is 0. The van der Waals surface area contributed by atoms with Gasteiger partial charge in [-0.25, -0.2) is 0 Å². The predicted octanol–water partition coefficient (Wildman–Crippen LogP) is 0.682. The number of aromatic amines is 1. The van der Waals surface area contributed by atoms with Crippen molar-refractivity contribution >= 4 is 12.4 Å². The minimum absolute atomic E-state index is 1.21. The maximum absolute atomic E-state index is 3.47. The molecule has 3 heteroatoms. The number of nitrogens with zero attached hydrogens (tertiary/aromatic N) is 2. The van der Waals surface area contributed by atoms with Gasteiger partial charge in [0.15, 0.2) is 0 Å². The van der Waals surface area contributed by atoms with Crippen LogP contribution in [0.15, 0.2) is 12.1 Å². The maximum atomic E-state index is 3.47. The number of nitrogens with one attached hydrogen (secondary N) is 1. The van der Waals surface area contributed by atoms with Crippen LogP contribution in [0, 0.1) is 0 Å². The molecule has 0 aromatic carbocycles. The maximum Gasteiger partial charge on any atom is 0.0547 e. The van der Waals surface area contributed by atoms with Crippen molar-refractivity contribution in [2.75, 3.05) is 26.2 Å². The summed E-state index contributed by atoms with van der Waals surface area (Å²) in [6.07, 6.45) is 9.87. The lowest BCUT2D eigenvalue weighted by Crippen LogP contribution is -2.20. The lowest BCUT2D eigenvalue weighted by Gasteiger charge is -2.09. The van der Waals surface area contributed by atoms with Gasteiger partial charge in [-0.15, -0.1) is 0 Å². The second-order valence-corrected chi connectivity index (χ2v) is 5.11. The van der Waals surface area contributed by atoms with Crippen LogP contribution in [0.4, 0.5) is 0 Å². The van der Waals surface area contributed by atoms with Crippen molar-refractivity contribution in [1.82, 2.24) is 14.8 Å². The average Bonchev–Trinajstić information content (AvgIpc) is 3.02. The summed E-state index contributed by atoms with van der Waals surface area (Å²) in [5, 5.41) is 2.47. The molecule has 1 aromatic heterocycles. The highest BCUT2D eigenvalue weighted by Gasteiger charge is 2.07. The largest absolute Gasteiger partial charge is 0.376 e. The molecule has 2 aliphatic rings. The molecule has 0 aliphatic carbocycles. The van der Waals surface area contributed by atoms with E-state index in [2.05, 4.69) is 39.3 Å². The van der Waals surface area contributed by atoms with Crippen LogP contribution in [0.1, 0.15) is 25.7 Å². The van der Waals surface area contributed by atoms with Crippen molar-refractivity contribution in [2.24, 2.45) is 0 Å². The Morgan fingerprint density at radius 3 is 1.59 bits per heavy atom. The molecule has 0 spiro atoms. The number of hydrogen-bond donors (Lipinski definition) is 1. The Labute approximate surface area is 102 Å². The fourth-order valence-electron chi connectivity index (χ4n) is 2.71. The summed E-state index contributed by atoms with van der Waals surface area (Å²) in [6.45, 7) is 4.85. The van der Waals surface area contributed by atoms with Crippen LogP contribution in [0.3, 0.4) is 0 Å². The zero-order chi connectivity index (χ0) is 11.5. The van der Waals surface area contributed by atoms with Gasteiger partial charge in [0.2, 0.25) is 0 Å². The van der Waals surface area contributed by atoms with Crippen molar-refractivity contribution in [1.29, 1.82) is 0 Å². The van der Waals surface area contributed by atoms with E-state index in [1.165, 1.54) is 62.6 Å². The number of aromatic nitrogens is 1. The van der Waals surface area contributed by atoms with E-state index in [9.17, 15) is 0 Å². The van der Waals surface area contributed by atoms with Gasteiger partial charge >= 0.3 is 0 Å². The van der Waals surface area contributed by atoms with Gasteiger partial charge in [0.1, 0.15) is 0 Å². The average molecular weight is 231 g/mol. The Balaban J connectivity index is 1.77. The van der Waals surface area contributed by atoms with Gasteiger partial charge in [-0.1, -0.05) is 0 Å². The topological polar surface area (TPSA) is 22.3 Å². The Hall–Kier alpha value is -1.38. The Kier molecular flexibility index (Phi) is 3.08. The van der Waals surface area contributed by atoms with Crippen LogP contribution in [-0.2, 0) is 0 Å². The normalized spacial score (nSPS) is 23.1. The Bertz CT molecular complexity index is 419. The van der Waals surface area contributed by atoms with Crippen LogP contribution in [0.25, 0.3) is 12.4 Å². The third-order valence-corrected chi connectivity index (χ3v) is 3.66. The molecule has 92 valence electrons. The number of rotatable bonds is 2. The second kappa shape index (κ2) is 4.86. The summed E-state index contributed by atoms with van der Waals surface area (Å²) in [6, 6.07) is 4.36. The van der Waals surface area contributed by atoms with E-state index in [0.29, 0.717) is 0 Å². The number of H-pyrrole nitrogens is 1. The lowest BCUT2D eigenvalue weighted by atomic mass is 10.4. The molecule has 3 nitrogen and oxygen atoms in total. The van der Waals surface area contributed by atoms with Crippen LogP contribution >= 0.6 is 0 Å². The van der Waals surface area contributed by atoms with Gasteiger partial charge in [0, 0.05) is 38.6 Å². The fraction of sp³-hybridized carbons (Fsp3) is 0.571. The molecule has 2 saturated heterocycles. The minimum atomic E-state index is 1.21. The van der Waals surface area contributed by atoms with Crippen molar-refractivity contribution in [3.63, 3.8) is 0 Å². The molecule has 2 fully saturated rings. The lowest BCUT2D eigenvalue weighted by molar-refractivity contribution is 0.508. The third-order valence-electron chi connectivity index (χ3n) is 3.66. The molecule has 3 rings (SSSR count). The van der Waals surface area contributed by atoms with E-state index in [4.69, 9.17) is 0 Å². The molecule has 0 atom stereocenters. The number of likely N-dealkylation sites (tertiary alicyclic amines) is 2. The summed E-state index contributed by atoms with van der Waals surface area (Å²) < 4.78 is 0. The van der Waals surface area contributed by atoms with Crippen LogP contribution in [0.2, 0.25) is 0 Å². The van der Waals surface area contributed by atoms with Gasteiger partial charge in [0.25, 0.3) is 0 Å². The molecule has 1 aromatic rings. The predicted molar refractivity (Wildman–Crippen MR) is 70.6 cm³/mol. The summed E-state index contributed by atoms with van der Waals surface area (Å²) in [4.78, 5) is 8.29. The molecule has 0 radical (unpaired) electrons. The summed E-state index contributed by atoms with van der Waals surface area (Å²) in [5.74, 6) is 0. The van der Waals surface area contributed by atoms with Crippen molar-refractivity contribution < 1.29 is 0 Å². The highest BCUT2D eigenvalue weighted by molar-refractivity contribution is 5.23. The second-order valence-electron chi connectivity index (χ2n) is 5.11. The summed E-state index contributed by atoms with van der Waals surface area (Å²) in [5.41, 5.74) is 0. The first kappa shape index (κ1) is 10.8. The van der Waals surface area contributed by atoms with Gasteiger partial charge in [0.05, 0.1) is 10.7 Å². The fourth-order valence-corrected chi connectivity index (χ4v) is 2.71. The molecule has 2 aliphatic heterocycles. The van der Waals surface area contributed by atoms with E-state index in [0.717, 1.165) is 0 Å². The van der Waals surface area contributed by atoms with Gasteiger partial charge in [-0.05, 0) is 37.8 Å². The van der Waals surface area contributed by atoms with Crippen LogP contribution < -0.4 is 10.7 Å². The highest BCUT2D eigenvalue weighted by Crippen LogP contribution is 2.07. The molecule has 1 N–H and O–H groups in total. The Morgan fingerprint density at radius 2 is 1.18 bits per heavy atom. The van der Waals surface area contributed by atoms with Crippen molar-refractivity contribution in [3.8, 4) is 0 Å². The molecular weight excluding hydrogens is 210 g/mol. The van der Waals surface area contributed by atoms with Crippen molar-refractivity contribution in [2.45, 2.75) is 25.7 Å². The van der Waals surface area contributed by atoms with Crippen LogP contribution in [0.5, 0.6) is 0 Å². The zero-order valence-electron chi connectivity index (χ0n) is 10.4. The van der Waals surface area contributed by atoms with Gasteiger partial charge in [-0.2, -0.15) is 0 Å². The molecular formula is C14H21N3. The van der Waals surface area contributed by atoms with Gasteiger partial charge < -0.3 is 14.8 Å². The first-order valence-corrected chi connectivity index (χ1v) is 6.77. The molecule has 0 amide bonds. The van der Waals surface area contributed by atoms with E-state index >= 15 is 0 Å². The smallest absolute Gasteiger partial charge is 0.0547 e. The molecule has 3 heterocycles. The highest BCUT2D eigenvalue weighted by atomic mass is 15.1. The Morgan fingerprint density at radius 1 is 0.765 bits per heavy atom. The first-order chi connectivity index (χ1) is 8.40.